The molecular weight excluding hydrogens is 569 g/mol. The van der Waals surface area contributed by atoms with Gasteiger partial charge in [-0.1, -0.05) is 66.0 Å². The average molecular weight is 605 g/mol. The molecule has 0 saturated carbocycles. The molecule has 0 radical (unpaired) electrons. The third-order valence-corrected chi connectivity index (χ3v) is 8.59. The molecule has 3 aromatic carbocycles. The van der Waals surface area contributed by atoms with Gasteiger partial charge in [0.1, 0.15) is 12.6 Å². The number of hydrogen-bond acceptors (Lipinski definition) is 4. The van der Waals surface area contributed by atoms with Crippen LogP contribution in [-0.4, -0.2) is 43.3 Å². The number of aryl methyl sites for hydroxylation is 1. The normalized spacial score (nSPS) is 12.5. The van der Waals surface area contributed by atoms with E-state index in [-0.39, 0.29) is 23.0 Å². The molecule has 1 atom stereocenters. The van der Waals surface area contributed by atoms with E-state index in [9.17, 15) is 18.0 Å². The van der Waals surface area contributed by atoms with Crippen molar-refractivity contribution < 1.29 is 18.0 Å². The zero-order valence-electron chi connectivity index (χ0n) is 23.3. The molecular formula is C30H35Cl2N3O4S. The first kappa shape index (κ1) is 31.5. The van der Waals surface area contributed by atoms with Crippen molar-refractivity contribution in [1.29, 1.82) is 0 Å². The Labute approximate surface area is 247 Å². The van der Waals surface area contributed by atoms with Gasteiger partial charge in [0.05, 0.1) is 10.6 Å². The van der Waals surface area contributed by atoms with E-state index >= 15 is 0 Å². The number of benzene rings is 3. The minimum Gasteiger partial charge on any atom is -0.350 e. The van der Waals surface area contributed by atoms with Gasteiger partial charge in [-0.05, 0) is 82.1 Å². The Balaban J connectivity index is 2.08. The van der Waals surface area contributed by atoms with Crippen molar-refractivity contribution >= 4 is 50.7 Å². The maximum absolute atomic E-state index is 14.1. The molecule has 3 aromatic rings. The van der Waals surface area contributed by atoms with Crippen molar-refractivity contribution in [3.8, 4) is 0 Å². The summed E-state index contributed by atoms with van der Waals surface area (Å²) in [6, 6.07) is 18.8. The summed E-state index contributed by atoms with van der Waals surface area (Å²) in [6.07, 6.45) is 0.309. The van der Waals surface area contributed by atoms with Crippen LogP contribution in [0.3, 0.4) is 0 Å². The summed E-state index contributed by atoms with van der Waals surface area (Å²) in [5, 5.41) is 3.81. The third kappa shape index (κ3) is 7.99. The van der Waals surface area contributed by atoms with E-state index in [0.29, 0.717) is 22.0 Å². The Morgan fingerprint density at radius 2 is 1.52 bits per heavy atom. The van der Waals surface area contributed by atoms with Crippen LogP contribution in [0.4, 0.5) is 5.69 Å². The summed E-state index contributed by atoms with van der Waals surface area (Å²) >= 11 is 12.5. The molecule has 0 aromatic heterocycles. The largest absolute Gasteiger partial charge is 0.350 e. The number of halogens is 2. The van der Waals surface area contributed by atoms with Gasteiger partial charge < -0.3 is 10.2 Å². The van der Waals surface area contributed by atoms with Crippen molar-refractivity contribution in [2.24, 2.45) is 0 Å². The van der Waals surface area contributed by atoms with E-state index in [2.05, 4.69) is 5.32 Å². The van der Waals surface area contributed by atoms with Gasteiger partial charge in [0.25, 0.3) is 10.0 Å². The summed E-state index contributed by atoms with van der Waals surface area (Å²) in [4.78, 5) is 28.9. The first-order valence-corrected chi connectivity index (χ1v) is 15.1. The zero-order valence-corrected chi connectivity index (χ0v) is 25.6. The first-order valence-electron chi connectivity index (χ1n) is 12.9. The molecule has 0 aliphatic carbocycles. The van der Waals surface area contributed by atoms with E-state index in [1.165, 1.54) is 17.0 Å². The molecule has 2 amide bonds. The van der Waals surface area contributed by atoms with Crippen LogP contribution >= 0.6 is 23.2 Å². The van der Waals surface area contributed by atoms with E-state index in [1.54, 1.807) is 67.6 Å². The number of rotatable bonds is 10. The molecule has 0 fully saturated rings. The summed E-state index contributed by atoms with van der Waals surface area (Å²) in [5.41, 5.74) is 1.27. The van der Waals surface area contributed by atoms with Crippen molar-refractivity contribution in [1.82, 2.24) is 10.2 Å². The number of carbonyl (C=O) groups excluding carboxylic acids is 2. The second-order valence-corrected chi connectivity index (χ2v) is 13.3. The van der Waals surface area contributed by atoms with Crippen molar-refractivity contribution in [3.63, 3.8) is 0 Å². The van der Waals surface area contributed by atoms with Gasteiger partial charge in [0, 0.05) is 22.1 Å². The lowest BCUT2D eigenvalue weighted by Gasteiger charge is -2.35. The monoisotopic (exact) mass is 603 g/mol. The first-order chi connectivity index (χ1) is 18.7. The maximum Gasteiger partial charge on any atom is 0.264 e. The van der Waals surface area contributed by atoms with Gasteiger partial charge in [-0.25, -0.2) is 8.42 Å². The Kier molecular flexibility index (Phi) is 10.3. The molecule has 0 bridgehead atoms. The number of nitrogens with zero attached hydrogens (tertiary/aromatic N) is 2. The number of anilines is 1. The fourth-order valence-electron chi connectivity index (χ4n) is 4.16. The zero-order chi connectivity index (χ0) is 29.7. The van der Waals surface area contributed by atoms with E-state index in [1.807, 2.05) is 27.7 Å². The molecule has 0 aliphatic rings. The highest BCUT2D eigenvalue weighted by molar-refractivity contribution is 7.92. The van der Waals surface area contributed by atoms with Crippen LogP contribution in [0.2, 0.25) is 10.0 Å². The predicted molar refractivity (Wildman–Crippen MR) is 161 cm³/mol. The topological polar surface area (TPSA) is 86.8 Å². The minimum absolute atomic E-state index is 0.0214. The fraction of sp³-hybridized carbons (Fsp3) is 0.333. The van der Waals surface area contributed by atoms with Gasteiger partial charge >= 0.3 is 0 Å². The van der Waals surface area contributed by atoms with E-state index in [0.717, 1.165) is 9.87 Å². The van der Waals surface area contributed by atoms with Crippen molar-refractivity contribution in [3.05, 3.63) is 94.0 Å². The number of hydrogen-bond donors (Lipinski definition) is 1. The Morgan fingerprint density at radius 3 is 2.08 bits per heavy atom. The molecule has 1 N–H and O–H groups in total. The van der Waals surface area contributed by atoms with Crippen LogP contribution in [0, 0.1) is 6.92 Å². The lowest BCUT2D eigenvalue weighted by molar-refractivity contribution is -0.141. The fourth-order valence-corrected chi connectivity index (χ4v) is 5.89. The van der Waals surface area contributed by atoms with Gasteiger partial charge in [0.2, 0.25) is 11.8 Å². The van der Waals surface area contributed by atoms with Crippen molar-refractivity contribution in [2.75, 3.05) is 10.8 Å². The number of carbonyl (C=O) groups is 2. The highest BCUT2D eigenvalue weighted by Crippen LogP contribution is 2.27. The highest BCUT2D eigenvalue weighted by Gasteiger charge is 2.34. The number of sulfonamides is 1. The van der Waals surface area contributed by atoms with Gasteiger partial charge in [-0.2, -0.15) is 0 Å². The Bertz CT molecular complexity index is 1440. The molecule has 0 spiro atoms. The molecule has 0 saturated heterocycles. The molecule has 7 nitrogen and oxygen atoms in total. The standard InChI is InChI=1S/C30H35Cl2N3O4S/c1-6-27(29(37)33-30(3,4)5)34(19-22-9-7-8-10-26(22)32)28(36)20-35(24-15-13-23(31)14-16-24)40(38,39)25-17-11-21(2)12-18-25/h7-18,27H,6,19-20H2,1-5H3,(H,33,37). The van der Waals surface area contributed by atoms with Gasteiger partial charge in [-0.15, -0.1) is 0 Å². The van der Waals surface area contributed by atoms with Gasteiger partial charge in [-0.3, -0.25) is 13.9 Å². The molecule has 0 heterocycles. The van der Waals surface area contributed by atoms with Crippen LogP contribution in [0.1, 0.15) is 45.2 Å². The van der Waals surface area contributed by atoms with Crippen molar-refractivity contribution in [2.45, 2.75) is 64.1 Å². The molecule has 40 heavy (non-hydrogen) atoms. The summed E-state index contributed by atoms with van der Waals surface area (Å²) in [6.45, 7) is 8.71. The lowest BCUT2D eigenvalue weighted by atomic mass is 10.1. The molecule has 3 rings (SSSR count). The number of amides is 2. The predicted octanol–water partition coefficient (Wildman–Crippen LogP) is 6.22. The second-order valence-electron chi connectivity index (χ2n) is 10.6. The van der Waals surface area contributed by atoms with E-state index < -0.39 is 34.1 Å². The minimum atomic E-state index is -4.16. The highest BCUT2D eigenvalue weighted by atomic mass is 35.5. The van der Waals surface area contributed by atoms with Gasteiger partial charge in [0.15, 0.2) is 0 Å². The van der Waals surface area contributed by atoms with Crippen LogP contribution in [0.25, 0.3) is 0 Å². The van der Waals surface area contributed by atoms with Crippen LogP contribution in [-0.2, 0) is 26.2 Å². The maximum atomic E-state index is 14.1. The third-order valence-electron chi connectivity index (χ3n) is 6.19. The van der Waals surface area contributed by atoms with E-state index in [4.69, 9.17) is 23.2 Å². The summed E-state index contributed by atoms with van der Waals surface area (Å²) in [5.74, 6) is -0.892. The lowest BCUT2D eigenvalue weighted by Crippen LogP contribution is -2.55. The van der Waals surface area contributed by atoms with Crippen LogP contribution < -0.4 is 9.62 Å². The average Bonchev–Trinajstić information content (AvgIpc) is 2.88. The summed E-state index contributed by atoms with van der Waals surface area (Å²) < 4.78 is 28.8. The Morgan fingerprint density at radius 1 is 0.925 bits per heavy atom. The number of nitrogens with one attached hydrogen (secondary N) is 1. The molecule has 10 heteroatoms. The Hall–Kier alpha value is -3.07. The second kappa shape index (κ2) is 13.1. The van der Waals surface area contributed by atoms with Crippen LogP contribution in [0.15, 0.2) is 77.7 Å². The molecule has 214 valence electrons. The smallest absolute Gasteiger partial charge is 0.264 e. The van der Waals surface area contributed by atoms with Crippen LogP contribution in [0.5, 0.6) is 0 Å². The summed E-state index contributed by atoms with van der Waals surface area (Å²) in [7, 11) is -4.16. The molecule has 0 aliphatic heterocycles. The molecule has 1 unspecified atom stereocenters. The SMILES string of the molecule is CCC(C(=O)NC(C)(C)C)N(Cc1ccccc1Cl)C(=O)CN(c1ccc(Cl)cc1)S(=O)(=O)c1ccc(C)cc1. The quantitative estimate of drug-likeness (QED) is 0.298.